The van der Waals surface area contributed by atoms with Gasteiger partial charge in [-0.1, -0.05) is 0 Å². The van der Waals surface area contributed by atoms with Crippen molar-refractivity contribution in [2.45, 2.75) is 44.1 Å². The zero-order valence-corrected chi connectivity index (χ0v) is 16.6. The average Bonchev–Trinajstić information content (AvgIpc) is 3.42. The maximum Gasteiger partial charge on any atom is 0.397 e. The van der Waals surface area contributed by atoms with Crippen molar-refractivity contribution in [3.05, 3.63) is 31.0 Å². The Labute approximate surface area is 178 Å². The molecule has 0 saturated carbocycles. The lowest BCUT2D eigenvalue weighted by atomic mass is 10.1. The van der Waals surface area contributed by atoms with Crippen molar-refractivity contribution in [3.8, 4) is 11.1 Å². The fourth-order valence-electron chi connectivity index (χ4n) is 4.66. The van der Waals surface area contributed by atoms with E-state index in [9.17, 15) is 26.7 Å². The van der Waals surface area contributed by atoms with Gasteiger partial charge >= 0.3 is 12.7 Å². The first-order valence-corrected chi connectivity index (χ1v) is 9.98. The summed E-state index contributed by atoms with van der Waals surface area (Å²) < 4.78 is 66.0. The number of carbonyl (C=O) groups is 1. The van der Waals surface area contributed by atoms with Gasteiger partial charge in [-0.3, -0.25) is 4.79 Å². The van der Waals surface area contributed by atoms with Crippen LogP contribution >= 0.6 is 0 Å². The maximum absolute atomic E-state index is 12.8. The summed E-state index contributed by atoms with van der Waals surface area (Å²) in [6.07, 6.45) is 0.870. The summed E-state index contributed by atoms with van der Waals surface area (Å²) in [5.74, 6) is -0.314. The van der Waals surface area contributed by atoms with E-state index in [1.807, 2.05) is 4.90 Å². The third kappa shape index (κ3) is 3.65. The van der Waals surface area contributed by atoms with Crippen molar-refractivity contribution in [2.75, 3.05) is 18.0 Å². The van der Waals surface area contributed by atoms with E-state index in [0.29, 0.717) is 53.1 Å². The van der Waals surface area contributed by atoms with Gasteiger partial charge < -0.3 is 9.80 Å². The van der Waals surface area contributed by atoms with Gasteiger partial charge in [0.2, 0.25) is 5.91 Å². The lowest BCUT2D eigenvalue weighted by molar-refractivity contribution is -0.163. The van der Waals surface area contributed by atoms with Gasteiger partial charge in [0.05, 0.1) is 6.20 Å². The maximum atomic E-state index is 12.8. The number of rotatable bonds is 4. The molecule has 0 radical (unpaired) electrons. The molecule has 2 aliphatic heterocycles. The van der Waals surface area contributed by atoms with Crippen molar-refractivity contribution < 1.29 is 26.7 Å². The number of fused-ring (bicyclic) bond motifs is 3. The second-order valence-electron chi connectivity index (χ2n) is 8.01. The van der Waals surface area contributed by atoms with Crippen LogP contribution < -0.4 is 4.90 Å². The Morgan fingerprint density at radius 2 is 1.81 bits per heavy atom. The summed E-state index contributed by atoms with van der Waals surface area (Å²) >= 11 is 0. The van der Waals surface area contributed by atoms with Crippen LogP contribution in [0.2, 0.25) is 0 Å². The predicted molar refractivity (Wildman–Crippen MR) is 102 cm³/mol. The largest absolute Gasteiger partial charge is 0.397 e. The Bertz CT molecular complexity index is 1140. The lowest BCUT2D eigenvalue weighted by Gasteiger charge is -2.41. The SMILES string of the molecule is O=C(CC(F)(F)F)N1C2CCC1CN(c1ncnn3cc(-c4cnn(C(F)F)c4)cc13)C2. The van der Waals surface area contributed by atoms with Crippen molar-refractivity contribution in [3.63, 3.8) is 0 Å². The molecule has 5 heterocycles. The summed E-state index contributed by atoms with van der Waals surface area (Å²) in [6.45, 7) is -2.03. The van der Waals surface area contributed by atoms with Crippen LogP contribution in [0.25, 0.3) is 16.6 Å². The van der Waals surface area contributed by atoms with Gasteiger partial charge in [-0.05, 0) is 18.9 Å². The highest BCUT2D eigenvalue weighted by atomic mass is 19.4. The van der Waals surface area contributed by atoms with E-state index >= 15 is 0 Å². The van der Waals surface area contributed by atoms with E-state index < -0.39 is 25.1 Å². The van der Waals surface area contributed by atoms with Gasteiger partial charge in [-0.2, -0.15) is 32.1 Å². The van der Waals surface area contributed by atoms with E-state index in [2.05, 4.69) is 15.2 Å². The van der Waals surface area contributed by atoms with Gasteiger partial charge in [0.25, 0.3) is 0 Å². The molecule has 8 nitrogen and oxygen atoms in total. The third-order valence-electron chi connectivity index (χ3n) is 5.94. The van der Waals surface area contributed by atoms with Crippen LogP contribution in [0.4, 0.5) is 27.8 Å². The second-order valence-corrected chi connectivity index (χ2v) is 8.01. The van der Waals surface area contributed by atoms with Gasteiger partial charge in [-0.25, -0.2) is 14.2 Å². The first-order chi connectivity index (χ1) is 15.2. The number of carbonyl (C=O) groups excluding carboxylic acids is 1. The fraction of sp³-hybridized carbons (Fsp3) is 0.474. The molecule has 2 bridgehead atoms. The number of aromatic nitrogens is 5. The highest BCUT2D eigenvalue weighted by Gasteiger charge is 2.45. The van der Waals surface area contributed by atoms with Crippen LogP contribution in [-0.4, -0.2) is 66.5 Å². The number of alkyl halides is 5. The smallest absolute Gasteiger partial charge is 0.351 e. The molecule has 3 aromatic rings. The number of piperazine rings is 1. The number of nitrogens with zero attached hydrogens (tertiary/aromatic N) is 7. The minimum absolute atomic E-state index is 0.322. The molecular formula is C19H18F5N7O. The van der Waals surface area contributed by atoms with E-state index in [0.717, 1.165) is 0 Å². The van der Waals surface area contributed by atoms with Gasteiger partial charge in [0.1, 0.15) is 18.3 Å². The standard InChI is InChI=1S/C19H18F5N7O/c20-18(21)30-7-12(5-26-30)11-3-15-17(25-10-27-29(15)6-11)28-8-13-1-2-14(9-28)31(13)16(32)4-19(22,23)24/h3,5-7,10,13-14,18H,1-2,4,8-9H2. The molecule has 1 amide bonds. The molecule has 170 valence electrons. The van der Waals surface area contributed by atoms with Crippen molar-refractivity contribution in [1.29, 1.82) is 0 Å². The molecule has 13 heteroatoms. The van der Waals surface area contributed by atoms with Crippen LogP contribution in [0.5, 0.6) is 0 Å². The molecule has 2 fully saturated rings. The highest BCUT2D eigenvalue weighted by molar-refractivity contribution is 5.80. The minimum atomic E-state index is -4.53. The van der Waals surface area contributed by atoms with Crippen molar-refractivity contribution in [1.82, 2.24) is 29.3 Å². The first kappa shape index (κ1) is 20.6. The summed E-state index contributed by atoms with van der Waals surface area (Å²) in [5, 5.41) is 7.82. The van der Waals surface area contributed by atoms with Crippen LogP contribution in [0.3, 0.4) is 0 Å². The molecule has 0 aliphatic carbocycles. The molecule has 0 spiro atoms. The average molecular weight is 455 g/mol. The van der Waals surface area contributed by atoms with E-state index in [1.54, 1.807) is 16.8 Å². The van der Waals surface area contributed by atoms with Gasteiger partial charge in [-0.15, -0.1) is 0 Å². The second kappa shape index (κ2) is 7.41. The molecule has 2 atom stereocenters. The van der Waals surface area contributed by atoms with Crippen LogP contribution in [0.15, 0.2) is 31.0 Å². The molecule has 5 rings (SSSR count). The Morgan fingerprint density at radius 1 is 1.09 bits per heavy atom. The van der Waals surface area contributed by atoms with Crippen LogP contribution in [0, 0.1) is 0 Å². The zero-order valence-electron chi connectivity index (χ0n) is 16.6. The number of hydrogen-bond acceptors (Lipinski definition) is 5. The molecule has 2 unspecified atom stereocenters. The van der Waals surface area contributed by atoms with E-state index in [-0.39, 0.29) is 12.1 Å². The van der Waals surface area contributed by atoms with Gasteiger partial charge in [0, 0.05) is 48.7 Å². The van der Waals surface area contributed by atoms with Gasteiger partial charge in [0.15, 0.2) is 5.82 Å². The Hall–Kier alpha value is -3.25. The summed E-state index contributed by atoms with van der Waals surface area (Å²) in [5.41, 5.74) is 1.74. The topological polar surface area (TPSA) is 71.6 Å². The van der Waals surface area contributed by atoms with Crippen LogP contribution in [0.1, 0.15) is 25.8 Å². The zero-order chi connectivity index (χ0) is 22.6. The number of hydrogen-bond donors (Lipinski definition) is 0. The normalized spacial score (nSPS) is 21.2. The Morgan fingerprint density at radius 3 is 2.44 bits per heavy atom. The summed E-state index contributed by atoms with van der Waals surface area (Å²) in [7, 11) is 0. The van der Waals surface area contributed by atoms with E-state index in [4.69, 9.17) is 0 Å². The number of halogens is 5. The monoisotopic (exact) mass is 455 g/mol. The molecule has 2 aliphatic rings. The molecule has 32 heavy (non-hydrogen) atoms. The molecule has 3 aromatic heterocycles. The highest BCUT2D eigenvalue weighted by Crippen LogP contribution is 2.36. The molecular weight excluding hydrogens is 437 g/mol. The Balaban J connectivity index is 1.41. The summed E-state index contributed by atoms with van der Waals surface area (Å²) in [4.78, 5) is 19.9. The van der Waals surface area contributed by atoms with Crippen molar-refractivity contribution in [2.24, 2.45) is 0 Å². The molecule has 2 saturated heterocycles. The quantitative estimate of drug-likeness (QED) is 0.566. The third-order valence-corrected chi connectivity index (χ3v) is 5.94. The van der Waals surface area contributed by atoms with E-state index in [1.165, 1.54) is 23.6 Å². The minimum Gasteiger partial charge on any atom is -0.351 e. The number of anilines is 1. The lowest BCUT2D eigenvalue weighted by Crippen LogP contribution is -2.56. The molecule has 0 N–H and O–H groups in total. The molecule has 0 aromatic carbocycles. The first-order valence-electron chi connectivity index (χ1n) is 9.98. The number of amides is 1. The van der Waals surface area contributed by atoms with Crippen molar-refractivity contribution >= 4 is 17.2 Å². The fourth-order valence-corrected chi connectivity index (χ4v) is 4.66. The summed E-state index contributed by atoms with van der Waals surface area (Å²) in [6, 6.07) is 1.11. The Kier molecular flexibility index (Phi) is 4.78. The van der Waals surface area contributed by atoms with Crippen LogP contribution in [-0.2, 0) is 4.79 Å². The predicted octanol–water partition coefficient (Wildman–Crippen LogP) is 3.12.